The normalized spacial score (nSPS) is 40.5. The summed E-state index contributed by atoms with van der Waals surface area (Å²) in [7, 11) is 0. The summed E-state index contributed by atoms with van der Waals surface area (Å²) in [5.74, 6) is 0.935. The molecule has 4 atom stereocenters. The molecule has 1 aliphatic heterocycles. The third-order valence-corrected chi connectivity index (χ3v) is 5.44. The summed E-state index contributed by atoms with van der Waals surface area (Å²) in [6, 6.07) is 0. The van der Waals surface area contributed by atoms with E-state index in [0.717, 1.165) is 25.6 Å². The molecule has 1 saturated heterocycles. The number of ether oxygens (including phenoxy) is 1. The average molecular weight is 282 g/mol. The highest BCUT2D eigenvalue weighted by Gasteiger charge is 2.40. The van der Waals surface area contributed by atoms with E-state index in [1.54, 1.807) is 0 Å². The standard InChI is InChI=1S/C17H34N2O/c1-4-6-16-7-5-9-17(13-18,10-8-16)19-11-14(2)20-15(3)12-19/h14-16H,4-13,18H2,1-3H3/t14-,15+,16?,17?. The first-order valence-corrected chi connectivity index (χ1v) is 8.70. The number of nitrogens with zero attached hydrogens (tertiary/aromatic N) is 1. The fraction of sp³-hybridized carbons (Fsp3) is 1.00. The molecule has 2 fully saturated rings. The summed E-state index contributed by atoms with van der Waals surface area (Å²) < 4.78 is 5.91. The van der Waals surface area contributed by atoms with Crippen molar-refractivity contribution in [3.63, 3.8) is 0 Å². The number of nitrogens with two attached hydrogens (primary N) is 1. The zero-order chi connectivity index (χ0) is 14.6. The lowest BCUT2D eigenvalue weighted by atomic mass is 9.86. The van der Waals surface area contributed by atoms with Gasteiger partial charge in [0.25, 0.3) is 0 Å². The molecule has 0 spiro atoms. The Hall–Kier alpha value is -0.120. The SMILES string of the molecule is CCCC1CCCC(CN)(N2C[C@@H](C)O[C@@H](C)C2)CC1. The van der Waals surface area contributed by atoms with Crippen LogP contribution < -0.4 is 5.73 Å². The number of hydrogen-bond donors (Lipinski definition) is 1. The highest BCUT2D eigenvalue weighted by molar-refractivity contribution is 4.96. The van der Waals surface area contributed by atoms with Crippen LogP contribution in [0.4, 0.5) is 0 Å². The molecule has 118 valence electrons. The van der Waals surface area contributed by atoms with Crippen molar-refractivity contribution in [3.8, 4) is 0 Å². The summed E-state index contributed by atoms with van der Waals surface area (Å²) >= 11 is 0. The molecule has 2 aliphatic rings. The van der Waals surface area contributed by atoms with E-state index in [2.05, 4.69) is 25.7 Å². The molecule has 0 bridgehead atoms. The highest BCUT2D eigenvalue weighted by atomic mass is 16.5. The molecule has 0 aromatic carbocycles. The molecule has 20 heavy (non-hydrogen) atoms. The van der Waals surface area contributed by atoms with E-state index in [0.29, 0.717) is 12.2 Å². The lowest BCUT2D eigenvalue weighted by molar-refractivity contribution is -0.104. The minimum atomic E-state index is 0.245. The second-order valence-corrected chi connectivity index (χ2v) is 7.18. The van der Waals surface area contributed by atoms with Crippen LogP contribution in [0.3, 0.4) is 0 Å². The van der Waals surface area contributed by atoms with Gasteiger partial charge in [0.15, 0.2) is 0 Å². The maximum atomic E-state index is 6.27. The molecule has 0 aromatic rings. The van der Waals surface area contributed by atoms with Crippen molar-refractivity contribution in [2.75, 3.05) is 19.6 Å². The molecule has 2 unspecified atom stereocenters. The van der Waals surface area contributed by atoms with Crippen molar-refractivity contribution in [2.24, 2.45) is 11.7 Å². The molecular formula is C17H34N2O. The molecule has 0 radical (unpaired) electrons. The van der Waals surface area contributed by atoms with Crippen LogP contribution in [0.5, 0.6) is 0 Å². The van der Waals surface area contributed by atoms with Crippen LogP contribution in [0.2, 0.25) is 0 Å². The van der Waals surface area contributed by atoms with Crippen LogP contribution >= 0.6 is 0 Å². The van der Waals surface area contributed by atoms with E-state index in [1.807, 2.05) is 0 Å². The fourth-order valence-corrected chi connectivity index (χ4v) is 4.37. The van der Waals surface area contributed by atoms with Gasteiger partial charge in [-0.05, 0) is 39.0 Å². The van der Waals surface area contributed by atoms with Gasteiger partial charge in [0.05, 0.1) is 12.2 Å². The highest BCUT2D eigenvalue weighted by Crippen LogP contribution is 2.37. The van der Waals surface area contributed by atoms with E-state index in [4.69, 9.17) is 10.5 Å². The maximum Gasteiger partial charge on any atom is 0.0678 e. The molecule has 0 aromatic heterocycles. The van der Waals surface area contributed by atoms with Gasteiger partial charge < -0.3 is 10.5 Å². The van der Waals surface area contributed by atoms with E-state index in [-0.39, 0.29) is 5.54 Å². The van der Waals surface area contributed by atoms with Gasteiger partial charge >= 0.3 is 0 Å². The Balaban J connectivity index is 2.04. The van der Waals surface area contributed by atoms with Crippen molar-refractivity contribution < 1.29 is 4.74 Å². The molecule has 2 N–H and O–H groups in total. The topological polar surface area (TPSA) is 38.5 Å². The molecule has 2 rings (SSSR count). The molecule has 3 heteroatoms. The number of rotatable bonds is 4. The predicted octanol–water partition coefficient (Wildman–Crippen LogP) is 3.17. The first kappa shape index (κ1) is 16.3. The lowest BCUT2D eigenvalue weighted by Gasteiger charge is -2.48. The third kappa shape index (κ3) is 3.75. The van der Waals surface area contributed by atoms with E-state index in [9.17, 15) is 0 Å². The molecule has 1 heterocycles. The Morgan fingerprint density at radius 1 is 1.15 bits per heavy atom. The van der Waals surface area contributed by atoms with Crippen LogP contribution in [-0.4, -0.2) is 42.3 Å². The zero-order valence-corrected chi connectivity index (χ0v) is 13.7. The van der Waals surface area contributed by atoms with Crippen LogP contribution in [0.15, 0.2) is 0 Å². The summed E-state index contributed by atoms with van der Waals surface area (Å²) in [6.45, 7) is 9.63. The van der Waals surface area contributed by atoms with Gasteiger partial charge in [-0.15, -0.1) is 0 Å². The van der Waals surface area contributed by atoms with Crippen molar-refractivity contribution in [3.05, 3.63) is 0 Å². The summed E-state index contributed by atoms with van der Waals surface area (Å²) in [4.78, 5) is 2.67. The molecular weight excluding hydrogens is 248 g/mol. The number of morpholine rings is 1. The quantitative estimate of drug-likeness (QED) is 0.805. The third-order valence-electron chi connectivity index (χ3n) is 5.44. The fourth-order valence-electron chi connectivity index (χ4n) is 4.37. The van der Waals surface area contributed by atoms with E-state index in [1.165, 1.54) is 44.9 Å². The summed E-state index contributed by atoms with van der Waals surface area (Å²) in [5.41, 5.74) is 6.51. The van der Waals surface area contributed by atoms with Crippen LogP contribution in [0.25, 0.3) is 0 Å². The first-order valence-electron chi connectivity index (χ1n) is 8.70. The maximum absolute atomic E-state index is 6.27. The Bertz CT molecular complexity index is 287. The second kappa shape index (κ2) is 7.24. The Morgan fingerprint density at radius 2 is 1.85 bits per heavy atom. The summed E-state index contributed by atoms with van der Waals surface area (Å²) in [5, 5.41) is 0. The van der Waals surface area contributed by atoms with Gasteiger partial charge in [-0.1, -0.05) is 32.6 Å². The lowest BCUT2D eigenvalue weighted by Crippen LogP contribution is -2.60. The van der Waals surface area contributed by atoms with E-state index < -0.39 is 0 Å². The Kier molecular flexibility index (Phi) is 5.88. The van der Waals surface area contributed by atoms with Crippen molar-refractivity contribution in [2.45, 2.75) is 83.5 Å². The van der Waals surface area contributed by atoms with Gasteiger partial charge in [0.2, 0.25) is 0 Å². The van der Waals surface area contributed by atoms with Crippen LogP contribution in [-0.2, 0) is 4.74 Å². The van der Waals surface area contributed by atoms with Gasteiger partial charge in [-0.25, -0.2) is 0 Å². The van der Waals surface area contributed by atoms with Crippen LogP contribution in [0, 0.1) is 5.92 Å². The van der Waals surface area contributed by atoms with Gasteiger partial charge in [-0.2, -0.15) is 0 Å². The smallest absolute Gasteiger partial charge is 0.0678 e. The van der Waals surface area contributed by atoms with Gasteiger partial charge in [0.1, 0.15) is 0 Å². The molecule has 1 saturated carbocycles. The van der Waals surface area contributed by atoms with Gasteiger partial charge in [-0.3, -0.25) is 4.90 Å². The van der Waals surface area contributed by atoms with Gasteiger partial charge in [0, 0.05) is 25.2 Å². The molecule has 0 amide bonds. The molecule has 3 nitrogen and oxygen atoms in total. The van der Waals surface area contributed by atoms with Crippen LogP contribution in [0.1, 0.15) is 65.7 Å². The average Bonchev–Trinajstić information content (AvgIpc) is 2.61. The minimum Gasteiger partial charge on any atom is -0.373 e. The summed E-state index contributed by atoms with van der Waals surface area (Å²) in [6.07, 6.45) is 10.1. The largest absolute Gasteiger partial charge is 0.373 e. The first-order chi connectivity index (χ1) is 9.59. The number of hydrogen-bond acceptors (Lipinski definition) is 3. The Morgan fingerprint density at radius 3 is 2.45 bits per heavy atom. The Labute approximate surface area is 125 Å². The second-order valence-electron chi connectivity index (χ2n) is 7.18. The van der Waals surface area contributed by atoms with Crippen molar-refractivity contribution >= 4 is 0 Å². The van der Waals surface area contributed by atoms with E-state index >= 15 is 0 Å². The molecule has 1 aliphatic carbocycles. The van der Waals surface area contributed by atoms with Crippen molar-refractivity contribution in [1.29, 1.82) is 0 Å². The zero-order valence-electron chi connectivity index (χ0n) is 13.7. The van der Waals surface area contributed by atoms with Crippen molar-refractivity contribution in [1.82, 2.24) is 4.90 Å². The monoisotopic (exact) mass is 282 g/mol. The minimum absolute atomic E-state index is 0.245. The predicted molar refractivity (Wildman–Crippen MR) is 84.9 cm³/mol.